The Kier molecular flexibility index (Phi) is 3.20. The average Bonchev–Trinajstić information content (AvgIpc) is 2.83. The lowest BCUT2D eigenvalue weighted by Gasteiger charge is -1.96. The van der Waals surface area contributed by atoms with Crippen LogP contribution in [0.5, 0.6) is 0 Å². The minimum Gasteiger partial charge on any atom is -0.444 e. The van der Waals surface area contributed by atoms with Crippen LogP contribution in [0, 0.1) is 0 Å². The molecule has 0 aliphatic heterocycles. The molecule has 0 aromatic carbocycles. The fraction of sp³-hybridized carbons (Fsp3) is 0.125. The molecule has 2 rings (SSSR count). The molecule has 0 spiro atoms. The average molecular weight is 303 g/mol. The van der Waals surface area contributed by atoms with E-state index in [1.54, 1.807) is 23.3 Å². The van der Waals surface area contributed by atoms with Crippen molar-refractivity contribution < 1.29 is 9.53 Å². The maximum Gasteiger partial charge on any atom is 0.404 e. The van der Waals surface area contributed by atoms with Gasteiger partial charge in [-0.2, -0.15) is 5.10 Å². The highest BCUT2D eigenvalue weighted by Gasteiger charge is 2.06. The summed E-state index contributed by atoms with van der Waals surface area (Å²) in [5, 5.41) is 4.78. The lowest BCUT2D eigenvalue weighted by Crippen LogP contribution is -2.12. The number of carbonyl (C=O) groups excluding carboxylic acids is 1. The van der Waals surface area contributed by atoms with Crippen LogP contribution in [0.4, 0.5) is 4.79 Å². The van der Waals surface area contributed by atoms with Gasteiger partial charge in [0.15, 0.2) is 0 Å². The molecule has 16 heavy (non-hydrogen) atoms. The minimum atomic E-state index is -0.795. The van der Waals surface area contributed by atoms with Crippen molar-refractivity contribution in [1.82, 2.24) is 14.8 Å². The summed E-state index contributed by atoms with van der Waals surface area (Å²) < 4.78 is 7.15. The van der Waals surface area contributed by atoms with Gasteiger partial charge in [0.25, 0.3) is 0 Å². The highest BCUT2D eigenvalue weighted by atomic mass is 79.9. The fourth-order valence-corrected chi connectivity index (χ4v) is 2.06. The SMILES string of the molecule is NC(=O)OCc1cnc(-n2cc(Br)cn2)s1. The Morgan fingerprint density at radius 2 is 2.44 bits per heavy atom. The summed E-state index contributed by atoms with van der Waals surface area (Å²) in [5.74, 6) is 0. The Hall–Kier alpha value is -1.41. The van der Waals surface area contributed by atoms with Crippen LogP contribution in [0.15, 0.2) is 23.1 Å². The van der Waals surface area contributed by atoms with Gasteiger partial charge < -0.3 is 10.5 Å². The molecule has 0 bridgehead atoms. The van der Waals surface area contributed by atoms with Gasteiger partial charge >= 0.3 is 6.09 Å². The van der Waals surface area contributed by atoms with E-state index in [1.165, 1.54) is 11.3 Å². The summed E-state index contributed by atoms with van der Waals surface area (Å²) in [4.78, 5) is 15.4. The van der Waals surface area contributed by atoms with Gasteiger partial charge in [0.2, 0.25) is 5.13 Å². The van der Waals surface area contributed by atoms with Crippen LogP contribution in [0.3, 0.4) is 0 Å². The highest BCUT2D eigenvalue weighted by molar-refractivity contribution is 9.10. The molecule has 0 aliphatic rings. The molecule has 0 unspecified atom stereocenters. The number of carbonyl (C=O) groups is 1. The van der Waals surface area contributed by atoms with Gasteiger partial charge in [-0.25, -0.2) is 14.5 Å². The molecule has 84 valence electrons. The number of primary amides is 1. The monoisotopic (exact) mass is 302 g/mol. The molecule has 0 atom stereocenters. The van der Waals surface area contributed by atoms with Crippen molar-refractivity contribution in [2.45, 2.75) is 6.61 Å². The Morgan fingerprint density at radius 1 is 1.62 bits per heavy atom. The number of ether oxygens (including phenoxy) is 1. The number of hydrogen-bond acceptors (Lipinski definition) is 5. The van der Waals surface area contributed by atoms with Gasteiger partial charge in [-0.1, -0.05) is 11.3 Å². The van der Waals surface area contributed by atoms with E-state index < -0.39 is 6.09 Å². The van der Waals surface area contributed by atoms with E-state index in [2.05, 4.69) is 30.7 Å². The zero-order valence-corrected chi connectivity index (χ0v) is 10.4. The molecule has 6 nitrogen and oxygen atoms in total. The Labute approximate surface area is 103 Å². The first-order chi connectivity index (χ1) is 7.65. The molecular weight excluding hydrogens is 296 g/mol. The number of nitrogens with two attached hydrogens (primary N) is 1. The van der Waals surface area contributed by atoms with E-state index >= 15 is 0 Å². The molecule has 0 radical (unpaired) electrons. The molecule has 2 aromatic rings. The first-order valence-electron chi connectivity index (χ1n) is 4.22. The second kappa shape index (κ2) is 4.62. The fourth-order valence-electron chi connectivity index (χ4n) is 1.02. The minimum absolute atomic E-state index is 0.134. The first-order valence-corrected chi connectivity index (χ1v) is 5.83. The molecule has 0 fully saturated rings. The van der Waals surface area contributed by atoms with Crippen molar-refractivity contribution in [3.05, 3.63) is 27.9 Å². The number of halogens is 1. The lowest BCUT2D eigenvalue weighted by molar-refractivity contribution is 0.151. The van der Waals surface area contributed by atoms with Crippen molar-refractivity contribution in [2.75, 3.05) is 0 Å². The van der Waals surface area contributed by atoms with Crippen LogP contribution in [0.1, 0.15) is 4.88 Å². The number of rotatable bonds is 3. The number of amides is 1. The molecule has 0 aliphatic carbocycles. The highest BCUT2D eigenvalue weighted by Crippen LogP contribution is 2.19. The number of nitrogens with zero attached hydrogens (tertiary/aromatic N) is 3. The van der Waals surface area contributed by atoms with Crippen LogP contribution in [-0.4, -0.2) is 20.9 Å². The third-order valence-electron chi connectivity index (χ3n) is 1.65. The maximum atomic E-state index is 10.4. The van der Waals surface area contributed by atoms with Gasteiger partial charge in [-0.05, 0) is 15.9 Å². The van der Waals surface area contributed by atoms with E-state index in [9.17, 15) is 4.79 Å². The van der Waals surface area contributed by atoms with Crippen molar-refractivity contribution in [3.8, 4) is 5.13 Å². The second-order valence-electron chi connectivity index (χ2n) is 2.82. The number of hydrogen-bond donors (Lipinski definition) is 1. The third-order valence-corrected chi connectivity index (χ3v) is 3.02. The van der Waals surface area contributed by atoms with Crippen molar-refractivity contribution in [2.24, 2.45) is 5.73 Å². The molecule has 0 saturated heterocycles. The van der Waals surface area contributed by atoms with E-state index in [0.717, 1.165) is 9.35 Å². The van der Waals surface area contributed by atoms with E-state index in [-0.39, 0.29) is 6.61 Å². The molecule has 2 aromatic heterocycles. The Bertz CT molecular complexity index is 510. The van der Waals surface area contributed by atoms with E-state index in [1.807, 2.05) is 0 Å². The summed E-state index contributed by atoms with van der Waals surface area (Å²) in [7, 11) is 0. The van der Waals surface area contributed by atoms with Crippen LogP contribution in [0.25, 0.3) is 5.13 Å². The van der Waals surface area contributed by atoms with Gasteiger partial charge in [0.1, 0.15) is 6.61 Å². The topological polar surface area (TPSA) is 83.0 Å². The third kappa shape index (κ3) is 2.58. The second-order valence-corrected chi connectivity index (χ2v) is 4.83. The van der Waals surface area contributed by atoms with Crippen molar-refractivity contribution in [3.63, 3.8) is 0 Å². The van der Waals surface area contributed by atoms with Gasteiger partial charge in [-0.3, -0.25) is 0 Å². The summed E-state index contributed by atoms with van der Waals surface area (Å²) in [6.45, 7) is 0.134. The summed E-state index contributed by atoms with van der Waals surface area (Å²) in [5.41, 5.74) is 4.86. The van der Waals surface area contributed by atoms with Crippen LogP contribution in [-0.2, 0) is 11.3 Å². The Morgan fingerprint density at radius 3 is 3.06 bits per heavy atom. The zero-order chi connectivity index (χ0) is 11.5. The van der Waals surface area contributed by atoms with Gasteiger partial charge in [0, 0.05) is 12.4 Å². The quantitative estimate of drug-likeness (QED) is 0.935. The molecule has 1 amide bonds. The van der Waals surface area contributed by atoms with Crippen LogP contribution >= 0.6 is 27.3 Å². The van der Waals surface area contributed by atoms with Gasteiger partial charge in [0.05, 0.1) is 15.5 Å². The maximum absolute atomic E-state index is 10.4. The predicted molar refractivity (Wildman–Crippen MR) is 61.3 cm³/mol. The molecule has 2 N–H and O–H groups in total. The zero-order valence-electron chi connectivity index (χ0n) is 7.96. The van der Waals surface area contributed by atoms with E-state index in [0.29, 0.717) is 5.13 Å². The van der Waals surface area contributed by atoms with E-state index in [4.69, 9.17) is 5.73 Å². The standard InChI is InChI=1S/C8H7BrN4O2S/c9-5-1-12-13(3-5)8-11-2-6(16-8)4-15-7(10)14/h1-3H,4H2,(H2,10,14). The van der Waals surface area contributed by atoms with Crippen molar-refractivity contribution in [1.29, 1.82) is 0 Å². The first kappa shape index (κ1) is 11.1. The summed E-state index contributed by atoms with van der Waals surface area (Å²) >= 11 is 4.67. The van der Waals surface area contributed by atoms with Crippen LogP contribution < -0.4 is 5.73 Å². The molecular formula is C8H7BrN4O2S. The Balaban J connectivity index is 2.10. The summed E-state index contributed by atoms with van der Waals surface area (Å²) in [6, 6.07) is 0. The number of aromatic nitrogens is 3. The van der Waals surface area contributed by atoms with Gasteiger partial charge in [-0.15, -0.1) is 0 Å². The normalized spacial score (nSPS) is 10.3. The molecule has 0 saturated carbocycles. The predicted octanol–water partition coefficient (Wildman–Crippen LogP) is 1.69. The van der Waals surface area contributed by atoms with Crippen LogP contribution in [0.2, 0.25) is 0 Å². The lowest BCUT2D eigenvalue weighted by atomic mass is 10.6. The molecule has 2 heterocycles. The molecule has 8 heteroatoms. The number of thiazole rings is 1. The largest absolute Gasteiger partial charge is 0.444 e. The smallest absolute Gasteiger partial charge is 0.404 e. The van der Waals surface area contributed by atoms with Crippen molar-refractivity contribution >= 4 is 33.4 Å². The summed E-state index contributed by atoms with van der Waals surface area (Å²) in [6.07, 6.45) is 4.29.